The smallest absolute Gasteiger partial charge is 0.317 e. The maximum atomic E-state index is 12.1. The average molecular weight is 268 g/mol. The minimum Gasteiger partial charge on any atom is -0.481 e. The Bertz CT molecular complexity index is 338. The number of piperidine rings is 1. The Morgan fingerprint density at radius 1 is 1.16 bits per heavy atom. The molecule has 1 aliphatic carbocycles. The second-order valence-corrected chi connectivity index (χ2v) is 6.03. The number of urea groups is 1. The van der Waals surface area contributed by atoms with Crippen molar-refractivity contribution in [3.63, 3.8) is 0 Å². The van der Waals surface area contributed by atoms with E-state index in [2.05, 4.69) is 12.2 Å². The highest BCUT2D eigenvalue weighted by Crippen LogP contribution is 2.25. The first-order valence-electron chi connectivity index (χ1n) is 7.34. The van der Waals surface area contributed by atoms with Gasteiger partial charge in [0.05, 0.1) is 5.92 Å². The Morgan fingerprint density at radius 2 is 1.84 bits per heavy atom. The third-order valence-corrected chi connectivity index (χ3v) is 4.35. The third-order valence-electron chi connectivity index (χ3n) is 4.35. The van der Waals surface area contributed by atoms with Crippen molar-refractivity contribution in [1.82, 2.24) is 10.2 Å². The second-order valence-electron chi connectivity index (χ2n) is 6.03. The maximum absolute atomic E-state index is 12.1. The largest absolute Gasteiger partial charge is 0.481 e. The topological polar surface area (TPSA) is 69.6 Å². The molecule has 0 aromatic carbocycles. The van der Waals surface area contributed by atoms with Crippen molar-refractivity contribution in [3.8, 4) is 0 Å². The van der Waals surface area contributed by atoms with Gasteiger partial charge in [-0.2, -0.15) is 0 Å². The predicted molar refractivity (Wildman–Crippen MR) is 71.9 cm³/mol. The lowest BCUT2D eigenvalue weighted by atomic mass is 9.86. The molecule has 0 aromatic rings. The van der Waals surface area contributed by atoms with Crippen LogP contribution < -0.4 is 5.32 Å². The normalized spacial score (nSPS) is 31.8. The van der Waals surface area contributed by atoms with Gasteiger partial charge in [0.15, 0.2) is 0 Å². The van der Waals surface area contributed by atoms with Gasteiger partial charge in [0, 0.05) is 19.1 Å². The van der Waals surface area contributed by atoms with Crippen molar-refractivity contribution in [2.24, 2.45) is 11.8 Å². The number of carbonyl (C=O) groups excluding carboxylic acids is 1. The lowest BCUT2D eigenvalue weighted by molar-refractivity contribution is -0.142. The van der Waals surface area contributed by atoms with E-state index < -0.39 is 5.97 Å². The van der Waals surface area contributed by atoms with Crippen molar-refractivity contribution in [2.75, 3.05) is 13.1 Å². The highest BCUT2D eigenvalue weighted by Gasteiger charge is 2.28. The average Bonchev–Trinajstić information content (AvgIpc) is 2.39. The first kappa shape index (κ1) is 14.2. The van der Waals surface area contributed by atoms with E-state index in [1.165, 1.54) is 6.42 Å². The summed E-state index contributed by atoms with van der Waals surface area (Å²) in [5.41, 5.74) is 0. The number of amides is 2. The number of carbonyl (C=O) groups is 2. The zero-order valence-corrected chi connectivity index (χ0v) is 11.6. The molecular weight excluding hydrogens is 244 g/mol. The minimum atomic E-state index is -0.699. The first-order chi connectivity index (χ1) is 9.06. The molecule has 2 fully saturated rings. The molecule has 1 heterocycles. The van der Waals surface area contributed by atoms with Crippen LogP contribution >= 0.6 is 0 Å². The van der Waals surface area contributed by atoms with Crippen LogP contribution in [-0.2, 0) is 4.79 Å². The second kappa shape index (κ2) is 6.26. The molecule has 2 aliphatic rings. The SMILES string of the molecule is CC1CCCN(C(=O)NC2CCC(C(=O)O)CC2)C1. The Morgan fingerprint density at radius 3 is 2.42 bits per heavy atom. The van der Waals surface area contributed by atoms with Crippen LogP contribution in [0.15, 0.2) is 0 Å². The van der Waals surface area contributed by atoms with E-state index in [-0.39, 0.29) is 18.0 Å². The minimum absolute atomic E-state index is 0.0327. The molecular formula is C14H24N2O3. The number of hydrogen-bond donors (Lipinski definition) is 2. The summed E-state index contributed by atoms with van der Waals surface area (Å²) < 4.78 is 0. The van der Waals surface area contributed by atoms with Crippen molar-refractivity contribution in [1.29, 1.82) is 0 Å². The highest BCUT2D eigenvalue weighted by atomic mass is 16.4. The Kier molecular flexibility index (Phi) is 4.66. The van der Waals surface area contributed by atoms with Crippen LogP contribution in [0.25, 0.3) is 0 Å². The summed E-state index contributed by atoms with van der Waals surface area (Å²) in [6.07, 6.45) is 5.21. The Hall–Kier alpha value is -1.26. The zero-order valence-electron chi connectivity index (χ0n) is 11.6. The molecule has 0 spiro atoms. The van der Waals surface area contributed by atoms with Crippen LogP contribution in [0.2, 0.25) is 0 Å². The molecule has 108 valence electrons. The zero-order chi connectivity index (χ0) is 13.8. The molecule has 2 amide bonds. The van der Waals surface area contributed by atoms with Gasteiger partial charge < -0.3 is 15.3 Å². The molecule has 2 N–H and O–H groups in total. The van der Waals surface area contributed by atoms with E-state index in [1.54, 1.807) is 0 Å². The lowest BCUT2D eigenvalue weighted by Gasteiger charge is -2.34. The molecule has 0 radical (unpaired) electrons. The maximum Gasteiger partial charge on any atom is 0.317 e. The Labute approximate surface area is 114 Å². The van der Waals surface area contributed by atoms with Gasteiger partial charge in [0.1, 0.15) is 0 Å². The standard InChI is InChI=1S/C14H24N2O3/c1-10-3-2-8-16(9-10)14(19)15-12-6-4-11(5-7-12)13(17)18/h10-12H,2-9H2,1H3,(H,15,19)(H,17,18). The van der Waals surface area contributed by atoms with Crippen molar-refractivity contribution in [2.45, 2.75) is 51.5 Å². The summed E-state index contributed by atoms with van der Waals surface area (Å²) in [5.74, 6) is -0.333. The number of rotatable bonds is 2. The number of hydrogen-bond acceptors (Lipinski definition) is 2. The summed E-state index contributed by atoms with van der Waals surface area (Å²) in [4.78, 5) is 24.9. The Balaban J connectivity index is 1.75. The molecule has 1 aliphatic heterocycles. The van der Waals surface area contributed by atoms with Gasteiger partial charge in [-0.25, -0.2) is 4.79 Å². The van der Waals surface area contributed by atoms with E-state index in [1.807, 2.05) is 4.90 Å². The fourth-order valence-electron chi connectivity index (χ4n) is 3.12. The number of aliphatic carboxylic acids is 1. The molecule has 0 aromatic heterocycles. The van der Waals surface area contributed by atoms with Crippen molar-refractivity contribution >= 4 is 12.0 Å². The van der Waals surface area contributed by atoms with E-state index in [0.29, 0.717) is 18.8 Å². The number of carboxylic acids is 1. The van der Waals surface area contributed by atoms with Crippen molar-refractivity contribution < 1.29 is 14.7 Å². The summed E-state index contributed by atoms with van der Waals surface area (Å²) in [6, 6.07) is 0.186. The monoisotopic (exact) mass is 268 g/mol. The number of nitrogens with zero attached hydrogens (tertiary/aromatic N) is 1. The predicted octanol–water partition coefficient (Wildman–Crippen LogP) is 2.07. The molecule has 0 bridgehead atoms. The molecule has 2 rings (SSSR count). The van der Waals surface area contributed by atoms with Crippen LogP contribution in [0.3, 0.4) is 0 Å². The van der Waals surface area contributed by atoms with Gasteiger partial charge in [-0.15, -0.1) is 0 Å². The molecule has 1 unspecified atom stereocenters. The third kappa shape index (κ3) is 3.85. The molecule has 1 atom stereocenters. The number of likely N-dealkylation sites (tertiary alicyclic amines) is 1. The summed E-state index contributed by atoms with van der Waals surface area (Å²) in [5, 5.41) is 12.0. The quantitative estimate of drug-likeness (QED) is 0.805. The summed E-state index contributed by atoms with van der Waals surface area (Å²) in [7, 11) is 0. The first-order valence-corrected chi connectivity index (χ1v) is 7.34. The van der Waals surface area contributed by atoms with E-state index in [9.17, 15) is 9.59 Å². The summed E-state index contributed by atoms with van der Waals surface area (Å²) in [6.45, 7) is 3.87. The van der Waals surface area contributed by atoms with Crippen molar-refractivity contribution in [3.05, 3.63) is 0 Å². The molecule has 5 nitrogen and oxygen atoms in total. The van der Waals surface area contributed by atoms with Gasteiger partial charge in [-0.3, -0.25) is 4.79 Å². The van der Waals surface area contributed by atoms with Crippen LogP contribution in [0, 0.1) is 11.8 Å². The van der Waals surface area contributed by atoms with Crippen LogP contribution in [0.1, 0.15) is 45.4 Å². The van der Waals surface area contributed by atoms with Crippen LogP contribution in [0.5, 0.6) is 0 Å². The highest BCUT2D eigenvalue weighted by molar-refractivity contribution is 5.74. The van der Waals surface area contributed by atoms with Gasteiger partial charge in [0.25, 0.3) is 0 Å². The number of nitrogens with one attached hydrogen (secondary N) is 1. The summed E-state index contributed by atoms with van der Waals surface area (Å²) >= 11 is 0. The van der Waals surface area contributed by atoms with E-state index in [0.717, 1.165) is 32.4 Å². The molecule has 19 heavy (non-hydrogen) atoms. The van der Waals surface area contributed by atoms with Gasteiger partial charge in [-0.1, -0.05) is 6.92 Å². The van der Waals surface area contributed by atoms with E-state index >= 15 is 0 Å². The van der Waals surface area contributed by atoms with E-state index in [4.69, 9.17) is 5.11 Å². The number of carboxylic acid groups (broad SMARTS) is 1. The van der Waals surface area contributed by atoms with Crippen LogP contribution in [-0.4, -0.2) is 41.1 Å². The van der Waals surface area contributed by atoms with Gasteiger partial charge >= 0.3 is 12.0 Å². The fraction of sp³-hybridized carbons (Fsp3) is 0.857. The van der Waals surface area contributed by atoms with Gasteiger partial charge in [0.2, 0.25) is 0 Å². The van der Waals surface area contributed by atoms with Crippen LogP contribution in [0.4, 0.5) is 4.79 Å². The molecule has 1 saturated carbocycles. The molecule has 1 saturated heterocycles. The lowest BCUT2D eigenvalue weighted by Crippen LogP contribution is -2.49. The fourth-order valence-corrected chi connectivity index (χ4v) is 3.12. The van der Waals surface area contributed by atoms with Gasteiger partial charge in [-0.05, 0) is 44.4 Å². The molecule has 5 heteroatoms.